The first-order valence-electron chi connectivity index (χ1n) is 8.62. The van der Waals surface area contributed by atoms with Crippen LogP contribution in [0.25, 0.3) is 0 Å². The summed E-state index contributed by atoms with van der Waals surface area (Å²) in [6, 6.07) is 12.4. The van der Waals surface area contributed by atoms with Crippen molar-refractivity contribution in [2.24, 2.45) is 0 Å². The van der Waals surface area contributed by atoms with Crippen LogP contribution in [-0.4, -0.2) is 45.5 Å². The van der Waals surface area contributed by atoms with Gasteiger partial charge in [0.15, 0.2) is 0 Å². The topological polar surface area (TPSA) is 75.7 Å². The fourth-order valence-corrected chi connectivity index (χ4v) is 3.87. The minimum atomic E-state index is -3.98. The van der Waals surface area contributed by atoms with Gasteiger partial charge in [0.2, 0.25) is 10.0 Å². The van der Waals surface area contributed by atoms with Gasteiger partial charge in [-0.05, 0) is 43.2 Å². The van der Waals surface area contributed by atoms with Crippen LogP contribution in [0.5, 0.6) is 5.75 Å². The SMILES string of the molecule is CN(CCOc1ccccc1)C(=O)c1ccc(F)c(S(=O)(=O)NC2CC2)c1. The van der Waals surface area contributed by atoms with E-state index in [0.717, 1.165) is 25.0 Å². The van der Waals surface area contributed by atoms with E-state index in [2.05, 4.69) is 4.72 Å². The molecule has 0 aliphatic heterocycles. The Bertz CT molecular complexity index is 915. The largest absolute Gasteiger partial charge is 0.492 e. The summed E-state index contributed by atoms with van der Waals surface area (Å²) in [5, 5.41) is 0. The number of ether oxygens (including phenoxy) is 1. The molecule has 1 N–H and O–H groups in total. The summed E-state index contributed by atoms with van der Waals surface area (Å²) in [7, 11) is -2.40. The van der Waals surface area contributed by atoms with Crippen molar-refractivity contribution >= 4 is 15.9 Å². The minimum absolute atomic E-state index is 0.106. The van der Waals surface area contributed by atoms with Crippen molar-refractivity contribution in [2.75, 3.05) is 20.2 Å². The average molecular weight is 392 g/mol. The highest BCUT2D eigenvalue weighted by atomic mass is 32.2. The first kappa shape index (κ1) is 19.3. The van der Waals surface area contributed by atoms with Crippen LogP contribution in [-0.2, 0) is 10.0 Å². The standard InChI is InChI=1S/C19H21FN2O4S/c1-22(11-12-26-16-5-3-2-4-6-16)19(23)14-7-10-17(20)18(13-14)27(24,25)21-15-8-9-15/h2-7,10,13,15,21H,8-9,11-12H2,1H3. The molecule has 0 saturated heterocycles. The van der Waals surface area contributed by atoms with Crippen molar-refractivity contribution in [1.82, 2.24) is 9.62 Å². The van der Waals surface area contributed by atoms with Gasteiger partial charge in [-0.15, -0.1) is 0 Å². The van der Waals surface area contributed by atoms with Crippen LogP contribution in [0.15, 0.2) is 53.4 Å². The molecule has 1 amide bonds. The lowest BCUT2D eigenvalue weighted by atomic mass is 10.2. The molecule has 0 heterocycles. The van der Waals surface area contributed by atoms with Gasteiger partial charge in [-0.1, -0.05) is 18.2 Å². The summed E-state index contributed by atoms with van der Waals surface area (Å²) >= 11 is 0. The van der Waals surface area contributed by atoms with Crippen molar-refractivity contribution in [3.63, 3.8) is 0 Å². The third-order valence-corrected chi connectivity index (χ3v) is 5.69. The number of para-hydroxylation sites is 1. The van der Waals surface area contributed by atoms with Crippen LogP contribution < -0.4 is 9.46 Å². The van der Waals surface area contributed by atoms with Gasteiger partial charge in [0, 0.05) is 18.7 Å². The second-order valence-corrected chi connectivity index (χ2v) is 8.11. The number of benzene rings is 2. The Morgan fingerprint density at radius 3 is 2.59 bits per heavy atom. The molecule has 1 saturated carbocycles. The van der Waals surface area contributed by atoms with E-state index in [-0.39, 0.29) is 18.2 Å². The number of hydrogen-bond acceptors (Lipinski definition) is 4. The maximum absolute atomic E-state index is 14.0. The van der Waals surface area contributed by atoms with Crippen LogP contribution in [0.1, 0.15) is 23.2 Å². The molecule has 8 heteroatoms. The minimum Gasteiger partial charge on any atom is -0.492 e. The van der Waals surface area contributed by atoms with E-state index in [1.807, 2.05) is 30.3 Å². The summed E-state index contributed by atoms with van der Waals surface area (Å²) in [6.07, 6.45) is 1.48. The number of hydrogen-bond donors (Lipinski definition) is 1. The first-order valence-corrected chi connectivity index (χ1v) is 10.1. The van der Waals surface area contributed by atoms with Gasteiger partial charge in [-0.25, -0.2) is 17.5 Å². The molecule has 2 aromatic rings. The molecule has 27 heavy (non-hydrogen) atoms. The lowest BCUT2D eigenvalue weighted by Gasteiger charge is -2.18. The van der Waals surface area contributed by atoms with Crippen molar-refractivity contribution in [1.29, 1.82) is 0 Å². The predicted molar refractivity (Wildman–Crippen MR) is 98.6 cm³/mol. The van der Waals surface area contributed by atoms with Crippen LogP contribution in [0.3, 0.4) is 0 Å². The fraction of sp³-hybridized carbons (Fsp3) is 0.316. The Kier molecular flexibility index (Phi) is 5.76. The smallest absolute Gasteiger partial charge is 0.253 e. The van der Waals surface area contributed by atoms with Crippen molar-refractivity contribution in [3.05, 3.63) is 59.9 Å². The molecule has 0 unspecified atom stereocenters. The van der Waals surface area contributed by atoms with E-state index < -0.39 is 26.6 Å². The number of rotatable bonds is 8. The van der Waals surface area contributed by atoms with Gasteiger partial charge in [0.1, 0.15) is 23.1 Å². The quantitative estimate of drug-likeness (QED) is 0.749. The number of nitrogens with zero attached hydrogens (tertiary/aromatic N) is 1. The Balaban J connectivity index is 1.66. The average Bonchev–Trinajstić information content (AvgIpc) is 3.45. The van der Waals surface area contributed by atoms with E-state index in [9.17, 15) is 17.6 Å². The Morgan fingerprint density at radius 2 is 1.93 bits per heavy atom. The van der Waals surface area contributed by atoms with Crippen LogP contribution in [0.2, 0.25) is 0 Å². The third-order valence-electron chi connectivity index (χ3n) is 4.15. The highest BCUT2D eigenvalue weighted by Crippen LogP contribution is 2.24. The molecule has 0 bridgehead atoms. The van der Waals surface area contributed by atoms with E-state index in [1.54, 1.807) is 7.05 Å². The number of sulfonamides is 1. The Labute approximate surface area is 158 Å². The number of halogens is 1. The molecular formula is C19H21FN2O4S. The van der Waals surface area contributed by atoms with E-state index in [4.69, 9.17) is 4.74 Å². The second-order valence-electron chi connectivity index (χ2n) is 6.43. The molecule has 1 aliphatic rings. The number of amides is 1. The fourth-order valence-electron chi connectivity index (χ4n) is 2.47. The second kappa shape index (κ2) is 8.06. The van der Waals surface area contributed by atoms with E-state index >= 15 is 0 Å². The lowest BCUT2D eigenvalue weighted by molar-refractivity contribution is 0.0773. The predicted octanol–water partition coefficient (Wildman–Crippen LogP) is 2.42. The molecule has 1 aliphatic carbocycles. The Morgan fingerprint density at radius 1 is 1.22 bits per heavy atom. The van der Waals surface area contributed by atoms with Gasteiger partial charge in [0.25, 0.3) is 5.91 Å². The van der Waals surface area contributed by atoms with E-state index in [0.29, 0.717) is 12.3 Å². The molecule has 0 aromatic heterocycles. The normalized spacial score (nSPS) is 14.0. The van der Waals surface area contributed by atoms with Crippen LogP contribution in [0, 0.1) is 5.82 Å². The summed E-state index contributed by atoms with van der Waals surface area (Å²) in [5.74, 6) is -0.594. The highest BCUT2D eigenvalue weighted by Gasteiger charge is 2.30. The van der Waals surface area contributed by atoms with Crippen molar-refractivity contribution in [2.45, 2.75) is 23.8 Å². The summed E-state index contributed by atoms with van der Waals surface area (Å²) < 4.78 is 46.6. The maximum Gasteiger partial charge on any atom is 0.253 e. The molecule has 1 fully saturated rings. The zero-order valence-electron chi connectivity index (χ0n) is 14.9. The zero-order chi connectivity index (χ0) is 19.4. The molecule has 0 radical (unpaired) electrons. The molecule has 3 rings (SSSR count). The molecule has 0 spiro atoms. The van der Waals surface area contributed by atoms with Crippen molar-refractivity contribution in [3.8, 4) is 5.75 Å². The van der Waals surface area contributed by atoms with Gasteiger partial charge in [0.05, 0.1) is 6.54 Å². The number of nitrogens with one attached hydrogen (secondary N) is 1. The highest BCUT2D eigenvalue weighted by molar-refractivity contribution is 7.89. The van der Waals surface area contributed by atoms with E-state index in [1.165, 1.54) is 11.0 Å². The molecule has 2 aromatic carbocycles. The molecule has 0 atom stereocenters. The van der Waals surface area contributed by atoms with Crippen LogP contribution >= 0.6 is 0 Å². The lowest BCUT2D eigenvalue weighted by Crippen LogP contribution is -2.31. The van der Waals surface area contributed by atoms with Gasteiger partial charge >= 0.3 is 0 Å². The molecular weight excluding hydrogens is 371 g/mol. The van der Waals surface area contributed by atoms with Gasteiger partial charge in [-0.2, -0.15) is 0 Å². The summed E-state index contributed by atoms with van der Waals surface area (Å²) in [5.41, 5.74) is 0.106. The first-order chi connectivity index (χ1) is 12.9. The van der Waals surface area contributed by atoms with Gasteiger partial charge in [-0.3, -0.25) is 4.79 Å². The number of carbonyl (C=O) groups is 1. The summed E-state index contributed by atoms with van der Waals surface area (Å²) in [4.78, 5) is 13.4. The molecule has 6 nitrogen and oxygen atoms in total. The zero-order valence-corrected chi connectivity index (χ0v) is 15.7. The number of likely N-dealkylation sites (N-methyl/N-ethyl adjacent to an activating group) is 1. The number of carbonyl (C=O) groups excluding carboxylic acids is 1. The van der Waals surface area contributed by atoms with Crippen molar-refractivity contribution < 1.29 is 22.3 Å². The monoisotopic (exact) mass is 392 g/mol. The Hall–Kier alpha value is -2.45. The summed E-state index contributed by atoms with van der Waals surface area (Å²) in [6.45, 7) is 0.579. The van der Waals surface area contributed by atoms with Crippen LogP contribution in [0.4, 0.5) is 4.39 Å². The molecule has 144 valence electrons. The third kappa shape index (κ3) is 5.05. The van der Waals surface area contributed by atoms with Gasteiger partial charge < -0.3 is 9.64 Å². The maximum atomic E-state index is 14.0.